The van der Waals surface area contributed by atoms with Crippen LogP contribution in [0.4, 0.5) is 0 Å². The van der Waals surface area contributed by atoms with Gasteiger partial charge < -0.3 is 9.15 Å². The molecule has 1 fully saturated rings. The fourth-order valence-corrected chi connectivity index (χ4v) is 3.73. The average Bonchev–Trinajstić information content (AvgIpc) is 3.40. The van der Waals surface area contributed by atoms with Crippen LogP contribution in [0.3, 0.4) is 0 Å². The fraction of sp³-hybridized carbons (Fsp3) is 0.438. The summed E-state index contributed by atoms with van der Waals surface area (Å²) in [6.45, 7) is 0. The van der Waals surface area contributed by atoms with Gasteiger partial charge in [0.25, 0.3) is 0 Å². The Morgan fingerprint density at radius 2 is 1.96 bits per heavy atom. The predicted molar refractivity (Wildman–Crippen MR) is 91.2 cm³/mol. The first kappa shape index (κ1) is 16.1. The summed E-state index contributed by atoms with van der Waals surface area (Å²) >= 11 is 1.52. The first-order valence-electron chi connectivity index (χ1n) is 8.21. The second-order valence-electron chi connectivity index (χ2n) is 5.86. The Kier molecular flexibility index (Phi) is 4.64. The first-order chi connectivity index (χ1) is 12.3. The van der Waals surface area contributed by atoms with Gasteiger partial charge in [-0.25, -0.2) is 4.68 Å². The second-order valence-corrected chi connectivity index (χ2v) is 6.80. The maximum Gasteiger partial charge on any atom is 0.247 e. The molecule has 8 nitrogen and oxygen atoms in total. The topological polar surface area (TPSA) is 91.8 Å². The lowest BCUT2D eigenvalue weighted by Gasteiger charge is -2.09. The van der Waals surface area contributed by atoms with Crippen LogP contribution in [0.25, 0.3) is 11.5 Å². The molecule has 25 heavy (non-hydrogen) atoms. The summed E-state index contributed by atoms with van der Waals surface area (Å²) in [7, 11) is 1.64. The molecule has 0 atom stereocenters. The van der Waals surface area contributed by atoms with Crippen LogP contribution in [0.1, 0.15) is 37.6 Å². The number of thioether (sulfide) groups is 1. The van der Waals surface area contributed by atoms with Crippen LogP contribution in [-0.4, -0.2) is 37.5 Å². The molecule has 0 radical (unpaired) electrons. The highest BCUT2D eigenvalue weighted by atomic mass is 32.2. The molecule has 1 aliphatic rings. The summed E-state index contributed by atoms with van der Waals surface area (Å²) in [6, 6.07) is 7.93. The van der Waals surface area contributed by atoms with Crippen molar-refractivity contribution in [2.24, 2.45) is 0 Å². The molecular weight excluding hydrogens is 340 g/mol. The van der Waals surface area contributed by atoms with E-state index in [-0.39, 0.29) is 0 Å². The summed E-state index contributed by atoms with van der Waals surface area (Å²) in [6.07, 6.45) is 4.76. The van der Waals surface area contributed by atoms with E-state index >= 15 is 0 Å². The van der Waals surface area contributed by atoms with Gasteiger partial charge in [-0.3, -0.25) is 0 Å². The lowest BCUT2D eigenvalue weighted by Crippen LogP contribution is -2.08. The van der Waals surface area contributed by atoms with Crippen LogP contribution < -0.4 is 4.74 Å². The van der Waals surface area contributed by atoms with Crippen molar-refractivity contribution >= 4 is 11.8 Å². The fourth-order valence-electron chi connectivity index (χ4n) is 2.95. The SMILES string of the molecule is COc1ccc(-c2nnc(CSc3nnnn3C3CCCC3)o2)cc1. The number of hydrogen-bond acceptors (Lipinski definition) is 8. The monoisotopic (exact) mass is 358 g/mol. The number of methoxy groups -OCH3 is 1. The Balaban J connectivity index is 1.42. The number of rotatable bonds is 6. The van der Waals surface area contributed by atoms with E-state index in [1.54, 1.807) is 7.11 Å². The third kappa shape index (κ3) is 3.51. The Morgan fingerprint density at radius 3 is 2.72 bits per heavy atom. The third-order valence-corrected chi connectivity index (χ3v) is 5.18. The van der Waals surface area contributed by atoms with Crippen molar-refractivity contribution < 1.29 is 9.15 Å². The summed E-state index contributed by atoms with van der Waals surface area (Å²) in [5.41, 5.74) is 0.861. The molecule has 0 saturated heterocycles. The Labute approximate surface area is 149 Å². The van der Waals surface area contributed by atoms with Gasteiger partial charge in [0.15, 0.2) is 0 Å². The highest BCUT2D eigenvalue weighted by molar-refractivity contribution is 7.98. The predicted octanol–water partition coefficient (Wildman–Crippen LogP) is 3.14. The zero-order chi connectivity index (χ0) is 17.1. The number of benzene rings is 1. The minimum atomic E-state index is 0.412. The molecule has 1 aromatic carbocycles. The van der Waals surface area contributed by atoms with Crippen molar-refractivity contribution in [3.63, 3.8) is 0 Å². The van der Waals surface area contributed by atoms with Crippen molar-refractivity contribution in [3.8, 4) is 17.2 Å². The van der Waals surface area contributed by atoms with E-state index in [2.05, 4.69) is 25.7 Å². The van der Waals surface area contributed by atoms with Crippen LogP contribution in [-0.2, 0) is 5.75 Å². The Morgan fingerprint density at radius 1 is 1.16 bits per heavy atom. The highest BCUT2D eigenvalue weighted by Crippen LogP contribution is 2.32. The zero-order valence-corrected chi connectivity index (χ0v) is 14.6. The van der Waals surface area contributed by atoms with Gasteiger partial charge in [-0.2, -0.15) is 0 Å². The standard InChI is InChI=1S/C16H18N6O2S/c1-23-13-8-6-11(7-9-13)15-18-17-14(24-15)10-25-16-19-20-21-22(16)12-4-2-3-5-12/h6-9,12H,2-5,10H2,1H3. The highest BCUT2D eigenvalue weighted by Gasteiger charge is 2.22. The quantitative estimate of drug-likeness (QED) is 0.621. The van der Waals surface area contributed by atoms with Crippen LogP contribution >= 0.6 is 11.8 Å². The van der Waals surface area contributed by atoms with Gasteiger partial charge in [0.1, 0.15) is 5.75 Å². The molecule has 4 rings (SSSR count). The van der Waals surface area contributed by atoms with E-state index in [0.717, 1.165) is 29.3 Å². The van der Waals surface area contributed by atoms with Crippen LogP contribution in [0.2, 0.25) is 0 Å². The van der Waals surface area contributed by atoms with Gasteiger partial charge in [0, 0.05) is 5.56 Å². The molecule has 9 heteroatoms. The average molecular weight is 358 g/mol. The first-order valence-corrected chi connectivity index (χ1v) is 9.19. The molecule has 0 amide bonds. The van der Waals surface area contributed by atoms with Crippen LogP contribution in [0.5, 0.6) is 5.75 Å². The number of nitrogens with zero attached hydrogens (tertiary/aromatic N) is 6. The van der Waals surface area contributed by atoms with Crippen molar-refractivity contribution in [1.82, 2.24) is 30.4 Å². The van der Waals surface area contributed by atoms with Crippen molar-refractivity contribution in [2.75, 3.05) is 7.11 Å². The smallest absolute Gasteiger partial charge is 0.247 e. The summed E-state index contributed by atoms with van der Waals surface area (Å²) in [4.78, 5) is 0. The van der Waals surface area contributed by atoms with E-state index in [9.17, 15) is 0 Å². The van der Waals surface area contributed by atoms with Crippen molar-refractivity contribution in [1.29, 1.82) is 0 Å². The van der Waals surface area contributed by atoms with Crippen LogP contribution in [0, 0.1) is 0 Å². The number of ether oxygens (including phenoxy) is 1. The number of aromatic nitrogens is 6. The Hall–Kier alpha value is -2.42. The number of tetrazole rings is 1. The second kappa shape index (κ2) is 7.22. The van der Waals surface area contributed by atoms with E-state index < -0.39 is 0 Å². The molecule has 0 bridgehead atoms. The van der Waals surface area contributed by atoms with Crippen molar-refractivity contribution in [2.45, 2.75) is 42.6 Å². The van der Waals surface area contributed by atoms with Crippen LogP contribution in [0.15, 0.2) is 33.8 Å². The molecule has 1 saturated carbocycles. The molecule has 0 spiro atoms. The maximum atomic E-state index is 5.75. The Bertz CT molecular complexity index is 825. The summed E-state index contributed by atoms with van der Waals surface area (Å²) < 4.78 is 12.8. The normalized spacial score (nSPS) is 14.9. The molecule has 0 aliphatic heterocycles. The van der Waals surface area contributed by atoms with Gasteiger partial charge in [-0.1, -0.05) is 24.6 Å². The number of hydrogen-bond donors (Lipinski definition) is 0. The van der Waals surface area contributed by atoms with E-state index in [1.807, 2.05) is 28.9 Å². The maximum absolute atomic E-state index is 5.75. The minimum Gasteiger partial charge on any atom is -0.497 e. The zero-order valence-electron chi connectivity index (χ0n) is 13.8. The lowest BCUT2D eigenvalue weighted by atomic mass is 10.2. The third-order valence-electron chi connectivity index (χ3n) is 4.26. The van der Waals surface area contributed by atoms with Gasteiger partial charge in [-0.05, 0) is 47.5 Å². The molecule has 2 aromatic heterocycles. The largest absolute Gasteiger partial charge is 0.497 e. The molecule has 2 heterocycles. The van der Waals surface area contributed by atoms with Gasteiger partial charge in [0.05, 0.1) is 18.9 Å². The van der Waals surface area contributed by atoms with Gasteiger partial charge >= 0.3 is 0 Å². The molecule has 130 valence electrons. The molecule has 1 aliphatic carbocycles. The molecule has 3 aromatic rings. The van der Waals surface area contributed by atoms with Crippen molar-refractivity contribution in [3.05, 3.63) is 30.2 Å². The molecule has 0 N–H and O–H groups in total. The lowest BCUT2D eigenvalue weighted by molar-refractivity contribution is 0.415. The van der Waals surface area contributed by atoms with Gasteiger partial charge in [0.2, 0.25) is 16.9 Å². The summed E-state index contributed by atoms with van der Waals surface area (Å²) in [5, 5.41) is 21.1. The van der Waals surface area contributed by atoms with E-state index in [0.29, 0.717) is 23.6 Å². The van der Waals surface area contributed by atoms with E-state index in [4.69, 9.17) is 9.15 Å². The summed E-state index contributed by atoms with van der Waals surface area (Å²) in [5.74, 6) is 2.37. The van der Waals surface area contributed by atoms with E-state index in [1.165, 1.54) is 24.6 Å². The van der Waals surface area contributed by atoms with Gasteiger partial charge in [-0.15, -0.1) is 15.3 Å². The molecular formula is C16H18N6O2S. The molecule has 0 unspecified atom stereocenters. The minimum absolute atomic E-state index is 0.412.